The van der Waals surface area contributed by atoms with Crippen molar-refractivity contribution >= 4 is 0 Å². The SMILES string of the molecule is Cc1cc(CNC(C)CCC(C)C)c(C)n1C. The van der Waals surface area contributed by atoms with Crippen LogP contribution in [0.3, 0.4) is 0 Å². The molecule has 2 nitrogen and oxygen atoms in total. The van der Waals surface area contributed by atoms with E-state index < -0.39 is 0 Å². The van der Waals surface area contributed by atoms with E-state index in [2.05, 4.69) is 57.6 Å². The second-order valence-corrected chi connectivity index (χ2v) is 5.71. The number of nitrogens with one attached hydrogen (secondary N) is 1. The van der Waals surface area contributed by atoms with Crippen LogP contribution in [0.15, 0.2) is 6.07 Å². The molecule has 0 aliphatic rings. The lowest BCUT2D eigenvalue weighted by atomic mass is 10.0. The van der Waals surface area contributed by atoms with Crippen molar-refractivity contribution in [1.29, 1.82) is 0 Å². The van der Waals surface area contributed by atoms with E-state index in [1.54, 1.807) is 0 Å². The third-order valence-corrected chi connectivity index (χ3v) is 3.70. The second-order valence-electron chi connectivity index (χ2n) is 5.71. The van der Waals surface area contributed by atoms with Crippen molar-refractivity contribution in [2.75, 3.05) is 0 Å². The number of hydrogen-bond acceptors (Lipinski definition) is 1. The van der Waals surface area contributed by atoms with Crippen LogP contribution in [-0.4, -0.2) is 10.6 Å². The molecule has 0 saturated heterocycles. The van der Waals surface area contributed by atoms with Crippen LogP contribution >= 0.6 is 0 Å². The minimum atomic E-state index is 0.609. The zero-order valence-electron chi connectivity index (χ0n) is 12.3. The summed E-state index contributed by atoms with van der Waals surface area (Å²) in [6, 6.07) is 2.90. The van der Waals surface area contributed by atoms with Gasteiger partial charge in [-0.15, -0.1) is 0 Å². The molecule has 1 heterocycles. The fourth-order valence-corrected chi connectivity index (χ4v) is 2.08. The van der Waals surface area contributed by atoms with Crippen molar-refractivity contribution in [1.82, 2.24) is 9.88 Å². The molecule has 1 unspecified atom stereocenters. The van der Waals surface area contributed by atoms with Gasteiger partial charge in [0.15, 0.2) is 0 Å². The smallest absolute Gasteiger partial charge is 0.0225 e. The van der Waals surface area contributed by atoms with Crippen LogP contribution in [0.25, 0.3) is 0 Å². The summed E-state index contributed by atoms with van der Waals surface area (Å²) in [5, 5.41) is 3.62. The van der Waals surface area contributed by atoms with Crippen molar-refractivity contribution in [3.05, 3.63) is 23.0 Å². The Kier molecular flexibility index (Phi) is 5.26. The Balaban J connectivity index is 2.42. The highest BCUT2D eigenvalue weighted by Gasteiger charge is 2.08. The van der Waals surface area contributed by atoms with E-state index in [0.717, 1.165) is 12.5 Å². The normalized spacial score (nSPS) is 13.4. The lowest BCUT2D eigenvalue weighted by molar-refractivity contribution is 0.450. The molecule has 0 radical (unpaired) electrons. The van der Waals surface area contributed by atoms with Crippen molar-refractivity contribution in [3.63, 3.8) is 0 Å². The molecule has 0 amide bonds. The van der Waals surface area contributed by atoms with Crippen LogP contribution in [-0.2, 0) is 13.6 Å². The highest BCUT2D eigenvalue weighted by atomic mass is 15.0. The molecule has 0 aliphatic heterocycles. The maximum absolute atomic E-state index is 3.62. The van der Waals surface area contributed by atoms with Crippen LogP contribution in [0.1, 0.15) is 50.6 Å². The lowest BCUT2D eigenvalue weighted by Crippen LogP contribution is -2.26. The first kappa shape index (κ1) is 14.3. The molecule has 1 aromatic heterocycles. The van der Waals surface area contributed by atoms with Gasteiger partial charge in [0.2, 0.25) is 0 Å². The summed E-state index contributed by atoms with van der Waals surface area (Å²) >= 11 is 0. The summed E-state index contributed by atoms with van der Waals surface area (Å²) in [5.74, 6) is 0.806. The highest BCUT2D eigenvalue weighted by Crippen LogP contribution is 2.13. The highest BCUT2D eigenvalue weighted by molar-refractivity contribution is 5.26. The summed E-state index contributed by atoms with van der Waals surface area (Å²) in [6.45, 7) is 12.2. The maximum Gasteiger partial charge on any atom is 0.0225 e. The molecule has 1 aromatic rings. The Hall–Kier alpha value is -0.760. The summed E-state index contributed by atoms with van der Waals surface area (Å²) in [4.78, 5) is 0. The molecule has 1 atom stereocenters. The fraction of sp³-hybridized carbons (Fsp3) is 0.733. The van der Waals surface area contributed by atoms with E-state index >= 15 is 0 Å². The van der Waals surface area contributed by atoms with Gasteiger partial charge in [-0.05, 0) is 51.2 Å². The van der Waals surface area contributed by atoms with Gasteiger partial charge in [0.05, 0.1) is 0 Å². The van der Waals surface area contributed by atoms with Crippen molar-refractivity contribution < 1.29 is 0 Å². The fourth-order valence-electron chi connectivity index (χ4n) is 2.08. The number of aromatic nitrogens is 1. The summed E-state index contributed by atoms with van der Waals surface area (Å²) < 4.78 is 2.26. The van der Waals surface area contributed by atoms with Crippen LogP contribution in [0.5, 0.6) is 0 Å². The molecule has 0 saturated carbocycles. The van der Waals surface area contributed by atoms with Gasteiger partial charge < -0.3 is 9.88 Å². The molecule has 1 rings (SSSR count). The van der Waals surface area contributed by atoms with Gasteiger partial charge >= 0.3 is 0 Å². The third kappa shape index (κ3) is 4.19. The summed E-state index contributed by atoms with van der Waals surface area (Å²) in [5.41, 5.74) is 4.15. The molecule has 0 fully saturated rings. The van der Waals surface area contributed by atoms with E-state index in [-0.39, 0.29) is 0 Å². The molecule has 0 spiro atoms. The molecular formula is C15H28N2. The van der Waals surface area contributed by atoms with E-state index in [9.17, 15) is 0 Å². The number of hydrogen-bond donors (Lipinski definition) is 1. The van der Waals surface area contributed by atoms with Gasteiger partial charge in [0.1, 0.15) is 0 Å². The number of aryl methyl sites for hydroxylation is 1. The molecule has 0 aliphatic carbocycles. The molecular weight excluding hydrogens is 208 g/mol. The van der Waals surface area contributed by atoms with Gasteiger partial charge in [-0.25, -0.2) is 0 Å². The van der Waals surface area contributed by atoms with Crippen LogP contribution < -0.4 is 5.32 Å². The first-order valence-corrected chi connectivity index (χ1v) is 6.77. The van der Waals surface area contributed by atoms with E-state index in [1.165, 1.54) is 29.8 Å². The molecule has 17 heavy (non-hydrogen) atoms. The first-order valence-electron chi connectivity index (χ1n) is 6.77. The average molecular weight is 236 g/mol. The predicted octanol–water partition coefficient (Wildman–Crippen LogP) is 3.56. The largest absolute Gasteiger partial charge is 0.352 e. The zero-order chi connectivity index (χ0) is 13.0. The average Bonchev–Trinajstić information content (AvgIpc) is 2.51. The van der Waals surface area contributed by atoms with Crippen LogP contribution in [0, 0.1) is 19.8 Å². The molecule has 0 bridgehead atoms. The number of rotatable bonds is 6. The lowest BCUT2D eigenvalue weighted by Gasteiger charge is -2.15. The minimum absolute atomic E-state index is 0.609. The Labute approximate surface area is 106 Å². The Morgan fingerprint density at radius 1 is 1.18 bits per heavy atom. The standard InChI is InChI=1S/C15H28N2/c1-11(2)7-8-12(3)16-10-15-9-13(4)17(6)14(15)5/h9,11-12,16H,7-8,10H2,1-6H3. The Morgan fingerprint density at radius 2 is 1.82 bits per heavy atom. The van der Waals surface area contributed by atoms with E-state index in [0.29, 0.717) is 6.04 Å². The van der Waals surface area contributed by atoms with E-state index in [1.807, 2.05) is 0 Å². The number of nitrogens with zero attached hydrogens (tertiary/aromatic N) is 1. The minimum Gasteiger partial charge on any atom is -0.352 e. The monoisotopic (exact) mass is 236 g/mol. The third-order valence-electron chi connectivity index (χ3n) is 3.70. The first-order chi connectivity index (χ1) is 7.91. The molecule has 0 aromatic carbocycles. The molecule has 2 heteroatoms. The predicted molar refractivity (Wildman–Crippen MR) is 75.3 cm³/mol. The van der Waals surface area contributed by atoms with E-state index in [4.69, 9.17) is 0 Å². The Bertz CT molecular complexity index is 350. The second kappa shape index (κ2) is 6.25. The van der Waals surface area contributed by atoms with Gasteiger partial charge in [0.25, 0.3) is 0 Å². The zero-order valence-corrected chi connectivity index (χ0v) is 12.3. The topological polar surface area (TPSA) is 17.0 Å². The van der Waals surface area contributed by atoms with Crippen LogP contribution in [0.2, 0.25) is 0 Å². The van der Waals surface area contributed by atoms with Crippen LogP contribution in [0.4, 0.5) is 0 Å². The van der Waals surface area contributed by atoms with Gasteiger partial charge in [-0.2, -0.15) is 0 Å². The maximum atomic E-state index is 3.62. The molecule has 98 valence electrons. The van der Waals surface area contributed by atoms with Crippen molar-refractivity contribution in [2.45, 2.75) is 60.0 Å². The molecule has 1 N–H and O–H groups in total. The quantitative estimate of drug-likeness (QED) is 0.799. The summed E-state index contributed by atoms with van der Waals surface area (Å²) in [6.07, 6.45) is 2.57. The summed E-state index contributed by atoms with van der Waals surface area (Å²) in [7, 11) is 2.14. The van der Waals surface area contributed by atoms with Gasteiger partial charge in [-0.1, -0.05) is 13.8 Å². The van der Waals surface area contributed by atoms with Crippen molar-refractivity contribution in [3.8, 4) is 0 Å². The van der Waals surface area contributed by atoms with Gasteiger partial charge in [0, 0.05) is 31.0 Å². The Morgan fingerprint density at radius 3 is 2.29 bits per heavy atom. The van der Waals surface area contributed by atoms with Gasteiger partial charge in [-0.3, -0.25) is 0 Å². The van der Waals surface area contributed by atoms with Crippen molar-refractivity contribution in [2.24, 2.45) is 13.0 Å².